The van der Waals surface area contributed by atoms with E-state index in [1.165, 1.54) is 12.0 Å². The molecule has 0 N–H and O–H groups in total. The lowest BCUT2D eigenvalue weighted by Crippen LogP contribution is -2.26. The van der Waals surface area contributed by atoms with Gasteiger partial charge in [0.25, 0.3) is 0 Å². The fourth-order valence-electron chi connectivity index (χ4n) is 3.68. The number of hydrogen-bond acceptors (Lipinski definition) is 4. The molecule has 1 aromatic carbocycles. The highest BCUT2D eigenvalue weighted by Gasteiger charge is 2.17. The van der Waals surface area contributed by atoms with Gasteiger partial charge in [-0.05, 0) is 69.0 Å². The predicted molar refractivity (Wildman–Crippen MR) is 135 cm³/mol. The Labute approximate surface area is 188 Å². The van der Waals surface area contributed by atoms with Crippen molar-refractivity contribution < 1.29 is 4.79 Å². The predicted octanol–water partition coefficient (Wildman–Crippen LogP) is 5.37. The Morgan fingerprint density at radius 2 is 2.00 bits per heavy atom. The number of allylic oxidation sites excluding steroid dienone is 1. The topological polar surface area (TPSA) is 39.7 Å². The monoisotopic (exact) mass is 422 g/mol. The number of pyridine rings is 1. The highest BCUT2D eigenvalue weighted by atomic mass is 16.1. The number of carbonyl (C=O) groups excluding carboxylic acids is 1. The summed E-state index contributed by atoms with van der Waals surface area (Å²) in [6.07, 6.45) is 8.23. The minimum atomic E-state index is 0.850. The maximum Gasteiger partial charge on any atom is 0.213 e. The molecule has 0 radical (unpaired) electrons. The van der Waals surface area contributed by atoms with Crippen LogP contribution in [0.15, 0.2) is 43.0 Å². The van der Waals surface area contributed by atoms with E-state index in [4.69, 9.17) is 4.98 Å². The van der Waals surface area contributed by atoms with E-state index in [9.17, 15) is 4.79 Å². The third-order valence-electron chi connectivity index (χ3n) is 5.56. The summed E-state index contributed by atoms with van der Waals surface area (Å²) in [6, 6.07) is 8.39. The van der Waals surface area contributed by atoms with Gasteiger partial charge in [-0.2, -0.15) is 0 Å². The summed E-state index contributed by atoms with van der Waals surface area (Å²) in [4.78, 5) is 22.7. The van der Waals surface area contributed by atoms with Crippen LogP contribution in [0.5, 0.6) is 0 Å². The van der Waals surface area contributed by atoms with E-state index in [0.29, 0.717) is 0 Å². The van der Waals surface area contributed by atoms with E-state index >= 15 is 0 Å². The van der Waals surface area contributed by atoms with Crippen molar-refractivity contribution in [3.63, 3.8) is 0 Å². The maximum absolute atomic E-state index is 11.2. The zero-order valence-electron chi connectivity index (χ0n) is 19.9. The lowest BCUT2D eigenvalue weighted by atomic mass is 10.0. The van der Waals surface area contributed by atoms with Crippen molar-refractivity contribution in [1.82, 2.24) is 9.88 Å². The summed E-state index contributed by atoms with van der Waals surface area (Å²) >= 11 is 0. The molecule has 0 atom stereocenters. The summed E-state index contributed by atoms with van der Waals surface area (Å²) in [6.45, 7) is 13.6. The van der Waals surface area contributed by atoms with Gasteiger partial charge in [0.05, 0.1) is 5.69 Å². The van der Waals surface area contributed by atoms with Crippen LogP contribution in [-0.4, -0.2) is 56.6 Å². The first-order valence-corrected chi connectivity index (χ1v) is 11.3. The maximum atomic E-state index is 11.2. The van der Waals surface area contributed by atoms with Crippen LogP contribution < -0.4 is 9.80 Å². The van der Waals surface area contributed by atoms with Crippen molar-refractivity contribution in [2.45, 2.75) is 40.0 Å². The second-order valence-electron chi connectivity index (χ2n) is 8.04. The summed E-state index contributed by atoms with van der Waals surface area (Å²) in [5, 5.41) is 2.29. The molecule has 0 fully saturated rings. The molecule has 0 saturated carbocycles. The third kappa shape index (κ3) is 6.41. The number of anilines is 2. The smallest absolute Gasteiger partial charge is 0.213 e. The first-order valence-electron chi connectivity index (χ1n) is 11.3. The molecule has 1 amide bonds. The SMILES string of the molecule is C=CC.CCCCN(CC)c1nc(C2=CCN(C)CC2)cc2cc(N(C)C=O)ccc12. The first-order chi connectivity index (χ1) is 15.0. The Morgan fingerprint density at radius 1 is 1.26 bits per heavy atom. The number of benzene rings is 1. The summed E-state index contributed by atoms with van der Waals surface area (Å²) < 4.78 is 0. The van der Waals surface area contributed by atoms with E-state index in [0.717, 1.165) is 73.4 Å². The minimum Gasteiger partial charge on any atom is -0.356 e. The summed E-state index contributed by atoms with van der Waals surface area (Å²) in [7, 11) is 3.94. The van der Waals surface area contributed by atoms with Gasteiger partial charge in [-0.25, -0.2) is 4.98 Å². The summed E-state index contributed by atoms with van der Waals surface area (Å²) in [5.41, 5.74) is 3.29. The molecular weight excluding hydrogens is 384 g/mol. The molecule has 0 unspecified atom stereocenters. The van der Waals surface area contributed by atoms with Gasteiger partial charge in [-0.15, -0.1) is 6.58 Å². The Balaban J connectivity index is 0.00000107. The number of nitrogens with zero attached hydrogens (tertiary/aromatic N) is 4. The molecule has 5 heteroatoms. The largest absolute Gasteiger partial charge is 0.356 e. The Bertz CT molecular complexity index is 906. The normalized spacial score (nSPS) is 13.8. The highest BCUT2D eigenvalue weighted by molar-refractivity contribution is 5.97. The average Bonchev–Trinajstić information content (AvgIpc) is 2.79. The number of carbonyl (C=O) groups is 1. The second-order valence-corrected chi connectivity index (χ2v) is 8.04. The zero-order chi connectivity index (χ0) is 22.8. The number of hydrogen-bond donors (Lipinski definition) is 0. The van der Waals surface area contributed by atoms with Crippen LogP contribution in [-0.2, 0) is 4.79 Å². The van der Waals surface area contributed by atoms with Crippen LogP contribution in [0.25, 0.3) is 16.3 Å². The molecule has 1 aromatic heterocycles. The Morgan fingerprint density at radius 3 is 2.58 bits per heavy atom. The van der Waals surface area contributed by atoms with Gasteiger partial charge in [0.2, 0.25) is 6.41 Å². The fraction of sp³-hybridized carbons (Fsp3) is 0.462. The van der Waals surface area contributed by atoms with Crippen LogP contribution in [0.2, 0.25) is 0 Å². The van der Waals surface area contributed by atoms with E-state index < -0.39 is 0 Å². The van der Waals surface area contributed by atoms with Gasteiger partial charge in [0.15, 0.2) is 0 Å². The molecule has 0 aliphatic carbocycles. The van der Waals surface area contributed by atoms with Gasteiger partial charge in [0.1, 0.15) is 5.82 Å². The average molecular weight is 423 g/mol. The standard InChI is InChI=1S/C23H32N4O.C3H6/c1-5-7-12-27(6-2)23-21-9-8-20(26(4)17-28)15-19(21)16-22(24-23)18-10-13-25(3)14-11-18;1-3-2/h8-10,15-17H,5-7,11-14H2,1-4H3;3H,1H2,2H3. The third-order valence-corrected chi connectivity index (χ3v) is 5.56. The van der Waals surface area contributed by atoms with E-state index in [1.54, 1.807) is 18.0 Å². The van der Waals surface area contributed by atoms with Crippen molar-refractivity contribution >= 4 is 34.3 Å². The second kappa shape index (κ2) is 12.3. The quantitative estimate of drug-likeness (QED) is 0.424. The Hall–Kier alpha value is -2.66. The lowest BCUT2D eigenvalue weighted by Gasteiger charge is -2.26. The molecule has 3 rings (SSSR count). The molecule has 168 valence electrons. The number of fused-ring (bicyclic) bond motifs is 1. The van der Waals surface area contributed by atoms with Gasteiger partial charge < -0.3 is 14.7 Å². The van der Waals surface area contributed by atoms with Gasteiger partial charge in [-0.1, -0.05) is 25.5 Å². The first kappa shape index (κ1) is 24.6. The Kier molecular flexibility index (Phi) is 9.73. The van der Waals surface area contributed by atoms with Crippen molar-refractivity contribution in [1.29, 1.82) is 0 Å². The highest BCUT2D eigenvalue weighted by Crippen LogP contribution is 2.32. The van der Waals surface area contributed by atoms with Crippen LogP contribution in [0, 0.1) is 0 Å². The molecule has 0 saturated heterocycles. The fourth-order valence-corrected chi connectivity index (χ4v) is 3.68. The van der Waals surface area contributed by atoms with Gasteiger partial charge in [0, 0.05) is 44.3 Å². The van der Waals surface area contributed by atoms with E-state index in [2.05, 4.69) is 61.5 Å². The van der Waals surface area contributed by atoms with Crippen molar-refractivity contribution in [3.8, 4) is 0 Å². The molecule has 1 aliphatic heterocycles. The molecule has 2 aromatic rings. The number of amides is 1. The molecule has 1 aliphatic rings. The van der Waals surface area contributed by atoms with Gasteiger partial charge in [-0.3, -0.25) is 4.79 Å². The van der Waals surface area contributed by atoms with Crippen LogP contribution in [0.1, 0.15) is 45.7 Å². The molecule has 31 heavy (non-hydrogen) atoms. The van der Waals surface area contributed by atoms with E-state index in [-0.39, 0.29) is 0 Å². The number of rotatable bonds is 8. The minimum absolute atomic E-state index is 0.850. The number of aromatic nitrogens is 1. The molecule has 0 spiro atoms. The molecule has 0 bridgehead atoms. The number of unbranched alkanes of at least 4 members (excludes halogenated alkanes) is 1. The van der Waals surface area contributed by atoms with Gasteiger partial charge >= 0.3 is 0 Å². The molecular formula is C26H38N4O. The lowest BCUT2D eigenvalue weighted by molar-refractivity contribution is -0.107. The van der Waals surface area contributed by atoms with Crippen molar-refractivity contribution in [3.05, 3.63) is 48.7 Å². The number of likely N-dealkylation sites (N-methyl/N-ethyl adjacent to an activating group) is 1. The van der Waals surface area contributed by atoms with Crippen molar-refractivity contribution in [2.75, 3.05) is 50.1 Å². The molecule has 5 nitrogen and oxygen atoms in total. The molecule has 2 heterocycles. The van der Waals surface area contributed by atoms with Crippen LogP contribution in [0.4, 0.5) is 11.5 Å². The van der Waals surface area contributed by atoms with Crippen molar-refractivity contribution in [2.24, 2.45) is 0 Å². The van der Waals surface area contributed by atoms with Crippen LogP contribution in [0.3, 0.4) is 0 Å². The van der Waals surface area contributed by atoms with Crippen LogP contribution >= 0.6 is 0 Å². The zero-order valence-corrected chi connectivity index (χ0v) is 19.9. The van der Waals surface area contributed by atoms with E-state index in [1.807, 2.05) is 13.0 Å². The summed E-state index contributed by atoms with van der Waals surface area (Å²) in [5.74, 6) is 1.06.